The molecule has 408 valence electrons. The van der Waals surface area contributed by atoms with Gasteiger partial charge in [-0.3, -0.25) is 9.59 Å². The van der Waals surface area contributed by atoms with Gasteiger partial charge in [-0.1, -0.05) is 314 Å². The molecule has 0 radical (unpaired) electrons. The zero-order valence-electron chi connectivity index (χ0n) is 46.4. The molecule has 0 amide bonds. The molecule has 6 heteroatoms. The molecular weight excluding hydrogens is 853 g/mol. The molecule has 0 bridgehead atoms. The van der Waals surface area contributed by atoms with Gasteiger partial charge in [0.25, 0.3) is 0 Å². The van der Waals surface area contributed by atoms with Gasteiger partial charge in [0.15, 0.2) is 0 Å². The Morgan fingerprint density at radius 3 is 0.899 bits per heavy atom. The average Bonchev–Trinajstić information content (AvgIpc) is 3.41. The Kier molecular flexibility index (Phi) is 50.3. The maximum absolute atomic E-state index is 12.5. The van der Waals surface area contributed by atoms with E-state index in [1.165, 1.54) is 295 Å². The summed E-state index contributed by atoms with van der Waals surface area (Å²) < 4.78 is 10.6. The lowest BCUT2D eigenvalue weighted by molar-refractivity contribution is -0.155. The summed E-state index contributed by atoms with van der Waals surface area (Å²) in [4.78, 5) is 24.7. The fourth-order valence-electron chi connectivity index (χ4n) is 10.4. The molecule has 1 saturated heterocycles. The van der Waals surface area contributed by atoms with Crippen molar-refractivity contribution in [2.45, 2.75) is 341 Å². The van der Waals surface area contributed by atoms with Crippen LogP contribution >= 0.6 is 0 Å². The number of aliphatic hydroxyl groups is 2. The molecule has 0 aromatic carbocycles. The number of cyclic esters (lactones) is 2. The fraction of sp³-hybridized carbons (Fsp3) is 0.937. The zero-order chi connectivity index (χ0) is 49.7. The number of carbonyl (C=O) groups excluding carboxylic acids is 2. The van der Waals surface area contributed by atoms with Crippen LogP contribution in [0.5, 0.6) is 0 Å². The average molecular weight is 974 g/mol. The number of rotatable bonds is 54. The number of hydrogen-bond acceptors (Lipinski definition) is 6. The topological polar surface area (TPSA) is 93.1 Å². The minimum atomic E-state index is -1.13. The van der Waals surface area contributed by atoms with E-state index in [2.05, 4.69) is 19.1 Å². The summed E-state index contributed by atoms with van der Waals surface area (Å²) in [6, 6.07) is 0. The smallest absolute Gasteiger partial charge is 0.309 e. The number of aliphatic hydroxyl groups excluding tert-OH is 2. The molecule has 69 heavy (non-hydrogen) atoms. The molecule has 1 fully saturated rings. The first-order chi connectivity index (χ1) is 34.1. The molecule has 0 aromatic heterocycles. The van der Waals surface area contributed by atoms with Crippen LogP contribution in [0.15, 0.2) is 12.2 Å². The number of allylic oxidation sites excluding steroid dienone is 2. The molecule has 1 aliphatic heterocycles. The van der Waals surface area contributed by atoms with Crippen molar-refractivity contribution in [3.63, 3.8) is 0 Å². The van der Waals surface area contributed by atoms with Crippen LogP contribution < -0.4 is 0 Å². The Labute approximate surface area is 430 Å². The van der Waals surface area contributed by atoms with Crippen molar-refractivity contribution < 1.29 is 29.3 Å². The Morgan fingerprint density at radius 1 is 0.377 bits per heavy atom. The van der Waals surface area contributed by atoms with E-state index in [1.807, 2.05) is 0 Å². The lowest BCUT2D eigenvalue weighted by atomic mass is 9.92. The molecule has 1 aliphatic rings. The summed E-state index contributed by atoms with van der Waals surface area (Å²) in [7, 11) is 0. The first kappa shape index (κ1) is 65.6. The van der Waals surface area contributed by atoms with Crippen molar-refractivity contribution in [2.75, 3.05) is 26.4 Å². The van der Waals surface area contributed by atoms with Gasteiger partial charge in [0, 0.05) is 0 Å². The molecule has 1 atom stereocenters. The van der Waals surface area contributed by atoms with E-state index in [9.17, 15) is 19.8 Å². The minimum absolute atomic E-state index is 0.00842. The van der Waals surface area contributed by atoms with Gasteiger partial charge in [-0.05, 0) is 32.1 Å². The van der Waals surface area contributed by atoms with Crippen LogP contribution in [-0.4, -0.2) is 48.6 Å². The van der Waals surface area contributed by atoms with Crippen LogP contribution in [0.25, 0.3) is 0 Å². The number of unbranched alkanes of at least 4 members (excludes halogenated alkanes) is 48. The van der Waals surface area contributed by atoms with Gasteiger partial charge < -0.3 is 19.7 Å². The fourth-order valence-corrected chi connectivity index (χ4v) is 10.4. The lowest BCUT2D eigenvalue weighted by Crippen LogP contribution is -2.40. The standard InChI is InChI=1S/C63H120O6/c1-2-3-4-5-6-7-8-9-10-11-12-13-14-15-16-17-18-19-20-21-22-23-24-25-26-27-28-29-30-31-32-33-34-35-36-37-38-39-40-41-42-43-44-45-46-47-48-49-50-51-52-53-54-60-55-61(66)68-58-63(56-64,57-65)59-69-62(60)67/h48-49,60,64-65H,2-47,50-59H2,1H3/b49-48+. The molecule has 6 nitrogen and oxygen atoms in total. The second kappa shape index (κ2) is 52.9. The lowest BCUT2D eigenvalue weighted by Gasteiger charge is -2.27. The van der Waals surface area contributed by atoms with Gasteiger partial charge >= 0.3 is 11.9 Å². The predicted octanol–water partition coefficient (Wildman–Crippen LogP) is 19.5. The maximum atomic E-state index is 12.5. The maximum Gasteiger partial charge on any atom is 0.309 e. The quantitative estimate of drug-likeness (QED) is 0.0358. The Morgan fingerprint density at radius 2 is 0.623 bits per heavy atom. The highest BCUT2D eigenvalue weighted by Crippen LogP contribution is 2.25. The van der Waals surface area contributed by atoms with Crippen molar-refractivity contribution in [3.8, 4) is 0 Å². The summed E-state index contributed by atoms with van der Waals surface area (Å²) in [6.07, 6.45) is 75.8. The number of carbonyl (C=O) groups is 2. The Hall–Kier alpha value is -1.40. The van der Waals surface area contributed by atoms with Crippen molar-refractivity contribution >= 4 is 11.9 Å². The minimum Gasteiger partial charge on any atom is -0.465 e. The summed E-state index contributed by atoms with van der Waals surface area (Å²) in [5.41, 5.74) is -1.13. The van der Waals surface area contributed by atoms with Crippen LogP contribution in [0.2, 0.25) is 0 Å². The van der Waals surface area contributed by atoms with Crippen molar-refractivity contribution in [3.05, 3.63) is 12.2 Å². The summed E-state index contributed by atoms with van der Waals surface area (Å²) in [5.74, 6) is -1.44. The highest BCUT2D eigenvalue weighted by Gasteiger charge is 2.36. The summed E-state index contributed by atoms with van der Waals surface area (Å²) in [6.45, 7) is 1.19. The number of hydrogen-bond donors (Lipinski definition) is 2. The van der Waals surface area contributed by atoms with Crippen LogP contribution in [0.3, 0.4) is 0 Å². The number of esters is 2. The van der Waals surface area contributed by atoms with Gasteiger partial charge in [0.05, 0.1) is 31.0 Å². The van der Waals surface area contributed by atoms with Crippen molar-refractivity contribution in [1.29, 1.82) is 0 Å². The summed E-state index contributed by atoms with van der Waals surface area (Å²) in [5, 5.41) is 19.2. The van der Waals surface area contributed by atoms with Crippen LogP contribution in [0, 0.1) is 11.3 Å². The molecule has 1 heterocycles. The Balaban J connectivity index is 1.69. The molecule has 0 spiro atoms. The van der Waals surface area contributed by atoms with E-state index in [-0.39, 0.29) is 19.6 Å². The molecular formula is C63H120O6. The van der Waals surface area contributed by atoms with Gasteiger partial charge in [0.2, 0.25) is 0 Å². The van der Waals surface area contributed by atoms with Crippen LogP contribution in [-0.2, 0) is 19.1 Å². The SMILES string of the molecule is CCCCCCCCCCCCCCCCCCCCCCCCCCCCCCCCCCCCCCCCCCCCCCC/C=C/CCCCCC1CC(=O)OCC(CO)(CO)COC1=O. The Bertz CT molecular complexity index is 1090. The van der Waals surface area contributed by atoms with Crippen LogP contribution in [0.1, 0.15) is 341 Å². The van der Waals surface area contributed by atoms with Gasteiger partial charge in [-0.15, -0.1) is 0 Å². The van der Waals surface area contributed by atoms with Gasteiger partial charge in [-0.2, -0.15) is 0 Å². The van der Waals surface area contributed by atoms with Crippen molar-refractivity contribution in [1.82, 2.24) is 0 Å². The summed E-state index contributed by atoms with van der Waals surface area (Å²) >= 11 is 0. The highest BCUT2D eigenvalue weighted by atomic mass is 16.6. The third kappa shape index (κ3) is 45.0. The predicted molar refractivity (Wildman–Crippen MR) is 297 cm³/mol. The first-order valence-corrected chi connectivity index (χ1v) is 31.3. The molecule has 2 N–H and O–H groups in total. The van der Waals surface area contributed by atoms with E-state index in [4.69, 9.17) is 9.47 Å². The molecule has 0 aliphatic carbocycles. The third-order valence-electron chi connectivity index (χ3n) is 15.5. The monoisotopic (exact) mass is 973 g/mol. The first-order valence-electron chi connectivity index (χ1n) is 31.3. The second-order valence-electron chi connectivity index (χ2n) is 22.4. The molecule has 0 saturated carbocycles. The largest absolute Gasteiger partial charge is 0.465 e. The van der Waals surface area contributed by atoms with E-state index >= 15 is 0 Å². The number of ether oxygens (including phenoxy) is 2. The highest BCUT2D eigenvalue weighted by molar-refractivity contribution is 5.80. The normalized spacial score (nSPS) is 15.4. The van der Waals surface area contributed by atoms with E-state index in [0.29, 0.717) is 6.42 Å². The molecule has 1 unspecified atom stereocenters. The van der Waals surface area contributed by atoms with Crippen molar-refractivity contribution in [2.24, 2.45) is 11.3 Å². The van der Waals surface area contributed by atoms with Gasteiger partial charge in [0.1, 0.15) is 13.2 Å². The van der Waals surface area contributed by atoms with Gasteiger partial charge in [-0.25, -0.2) is 0 Å². The van der Waals surface area contributed by atoms with E-state index in [1.54, 1.807) is 0 Å². The van der Waals surface area contributed by atoms with E-state index < -0.39 is 36.5 Å². The zero-order valence-corrected chi connectivity index (χ0v) is 46.4. The molecule has 0 aromatic rings. The third-order valence-corrected chi connectivity index (χ3v) is 15.5. The van der Waals surface area contributed by atoms with Crippen LogP contribution in [0.4, 0.5) is 0 Å². The molecule has 1 rings (SSSR count). The van der Waals surface area contributed by atoms with E-state index in [0.717, 1.165) is 25.7 Å². The second-order valence-corrected chi connectivity index (χ2v) is 22.4.